The molecule has 0 atom stereocenters. The Balaban J connectivity index is 1.56. The number of fused-ring (bicyclic) bond motifs is 1. The van der Waals surface area contributed by atoms with Gasteiger partial charge in [0.1, 0.15) is 12.4 Å². The van der Waals surface area contributed by atoms with E-state index in [4.69, 9.17) is 16.4 Å². The van der Waals surface area contributed by atoms with E-state index in [0.29, 0.717) is 33.2 Å². The lowest BCUT2D eigenvalue weighted by Gasteiger charge is -2.09. The molecule has 1 aliphatic heterocycles. The molecule has 9 heteroatoms. The van der Waals surface area contributed by atoms with E-state index in [1.54, 1.807) is 48.5 Å². The van der Waals surface area contributed by atoms with E-state index < -0.39 is 6.09 Å². The van der Waals surface area contributed by atoms with Gasteiger partial charge in [-0.15, -0.1) is 0 Å². The lowest BCUT2D eigenvalue weighted by atomic mass is 10.0. The molecule has 0 saturated carbocycles. The number of hydrogen-bond donors (Lipinski definition) is 2. The van der Waals surface area contributed by atoms with Gasteiger partial charge < -0.3 is 4.84 Å². The van der Waals surface area contributed by atoms with Gasteiger partial charge in [0.15, 0.2) is 5.84 Å². The van der Waals surface area contributed by atoms with Crippen LogP contribution in [0.25, 0.3) is 0 Å². The SMILES string of the molecule is O=C(Nc1cccc(Cl)c1)ONC1=Nc2ccc(Br)cc2C(c2ccccc2F)=NC1. The maximum absolute atomic E-state index is 14.5. The van der Waals surface area contributed by atoms with Crippen LogP contribution in [-0.2, 0) is 4.84 Å². The number of aliphatic imine (C=N–C) groups is 2. The zero-order chi connectivity index (χ0) is 21.8. The molecule has 0 radical (unpaired) electrons. The van der Waals surface area contributed by atoms with E-state index in [0.717, 1.165) is 4.47 Å². The molecule has 0 spiro atoms. The lowest BCUT2D eigenvalue weighted by Crippen LogP contribution is -2.31. The Kier molecular flexibility index (Phi) is 6.29. The molecule has 3 aromatic rings. The summed E-state index contributed by atoms with van der Waals surface area (Å²) in [5.41, 5.74) is 5.04. The fourth-order valence-corrected chi connectivity index (χ4v) is 3.52. The van der Waals surface area contributed by atoms with Gasteiger partial charge in [-0.3, -0.25) is 10.3 Å². The second kappa shape index (κ2) is 9.28. The minimum absolute atomic E-state index is 0.0560. The van der Waals surface area contributed by atoms with Crippen LogP contribution in [0.2, 0.25) is 5.02 Å². The Labute approximate surface area is 190 Å². The molecule has 0 fully saturated rings. The standard InChI is InChI=1S/C22H15BrClFN4O2/c23-13-8-9-19-17(10-13)21(16-6-1-2-7-18(16)25)26-12-20(28-19)29-31-22(30)27-15-5-3-4-14(24)11-15/h1-11H,12H2,(H,27,30)(H,28,29). The number of amides is 1. The number of benzene rings is 3. The monoisotopic (exact) mass is 500 g/mol. The van der Waals surface area contributed by atoms with Crippen molar-refractivity contribution < 1.29 is 14.0 Å². The van der Waals surface area contributed by atoms with Crippen molar-refractivity contribution in [1.82, 2.24) is 5.48 Å². The molecule has 3 aromatic carbocycles. The van der Waals surface area contributed by atoms with Crippen LogP contribution in [0.1, 0.15) is 11.1 Å². The first kappa shape index (κ1) is 21.0. The molecular formula is C22H15BrClFN4O2. The highest BCUT2D eigenvalue weighted by Crippen LogP contribution is 2.29. The van der Waals surface area contributed by atoms with Gasteiger partial charge in [0.2, 0.25) is 0 Å². The molecule has 156 valence electrons. The quantitative estimate of drug-likeness (QED) is 0.431. The van der Waals surface area contributed by atoms with Crippen molar-refractivity contribution >= 4 is 56.5 Å². The topological polar surface area (TPSA) is 75.1 Å². The van der Waals surface area contributed by atoms with Crippen LogP contribution in [0.5, 0.6) is 0 Å². The van der Waals surface area contributed by atoms with Crippen molar-refractivity contribution in [3.05, 3.63) is 93.2 Å². The normalized spacial score (nSPS) is 12.7. The summed E-state index contributed by atoms with van der Waals surface area (Å²) in [6.45, 7) is 0.0560. The molecule has 6 nitrogen and oxygen atoms in total. The van der Waals surface area contributed by atoms with Crippen molar-refractivity contribution in [3.8, 4) is 0 Å². The van der Waals surface area contributed by atoms with Gasteiger partial charge in [-0.25, -0.2) is 19.7 Å². The van der Waals surface area contributed by atoms with Crippen LogP contribution < -0.4 is 10.8 Å². The minimum Gasteiger partial charge on any atom is -0.323 e. The number of hydrogen-bond acceptors (Lipinski definition) is 5. The first-order chi connectivity index (χ1) is 15.0. The average molecular weight is 502 g/mol. The highest BCUT2D eigenvalue weighted by molar-refractivity contribution is 9.10. The van der Waals surface area contributed by atoms with Crippen LogP contribution in [0.4, 0.5) is 20.6 Å². The van der Waals surface area contributed by atoms with E-state index in [1.807, 2.05) is 12.1 Å². The highest BCUT2D eigenvalue weighted by Gasteiger charge is 2.19. The highest BCUT2D eigenvalue weighted by atomic mass is 79.9. The fourth-order valence-electron chi connectivity index (χ4n) is 2.97. The predicted molar refractivity (Wildman–Crippen MR) is 123 cm³/mol. The number of hydroxylamine groups is 1. The molecule has 0 bridgehead atoms. The van der Waals surface area contributed by atoms with Crippen LogP contribution >= 0.6 is 27.5 Å². The Morgan fingerprint density at radius 1 is 1.06 bits per heavy atom. The first-order valence-corrected chi connectivity index (χ1v) is 10.3. The number of carbonyl (C=O) groups is 1. The predicted octanol–water partition coefficient (Wildman–Crippen LogP) is 5.88. The second-order valence-corrected chi connectivity index (χ2v) is 7.84. The Morgan fingerprint density at radius 3 is 2.71 bits per heavy atom. The van der Waals surface area contributed by atoms with Crippen molar-refractivity contribution in [2.45, 2.75) is 0 Å². The van der Waals surface area contributed by atoms with E-state index in [1.165, 1.54) is 6.07 Å². The third kappa shape index (κ3) is 5.10. The third-order valence-electron chi connectivity index (χ3n) is 4.32. The zero-order valence-corrected chi connectivity index (χ0v) is 18.2. The maximum Gasteiger partial charge on any atom is 0.435 e. The number of nitrogens with zero attached hydrogens (tertiary/aromatic N) is 2. The van der Waals surface area contributed by atoms with Crippen LogP contribution in [0.15, 0.2) is 81.2 Å². The smallest absolute Gasteiger partial charge is 0.323 e. The number of rotatable bonds is 2. The maximum atomic E-state index is 14.5. The number of halogens is 3. The van der Waals surface area contributed by atoms with E-state index >= 15 is 0 Å². The molecular weight excluding hydrogens is 487 g/mol. The summed E-state index contributed by atoms with van der Waals surface area (Å²) in [5.74, 6) is -0.100. The van der Waals surface area contributed by atoms with Crippen LogP contribution in [-0.4, -0.2) is 24.2 Å². The molecule has 31 heavy (non-hydrogen) atoms. The number of amidine groups is 1. The largest absolute Gasteiger partial charge is 0.435 e. The zero-order valence-electron chi connectivity index (χ0n) is 15.9. The third-order valence-corrected chi connectivity index (χ3v) is 5.05. The van der Waals surface area contributed by atoms with Crippen molar-refractivity contribution in [3.63, 3.8) is 0 Å². The van der Waals surface area contributed by atoms with Crippen molar-refractivity contribution in [2.75, 3.05) is 11.9 Å². The van der Waals surface area contributed by atoms with Gasteiger partial charge in [0.25, 0.3) is 0 Å². The molecule has 2 N–H and O–H groups in total. The summed E-state index contributed by atoms with van der Waals surface area (Å²) in [6.07, 6.45) is -0.747. The van der Waals surface area contributed by atoms with E-state index in [2.05, 4.69) is 36.7 Å². The van der Waals surface area contributed by atoms with E-state index in [-0.39, 0.29) is 18.2 Å². The van der Waals surface area contributed by atoms with Gasteiger partial charge in [0.05, 0.1) is 11.4 Å². The van der Waals surface area contributed by atoms with Crippen LogP contribution in [0.3, 0.4) is 0 Å². The van der Waals surface area contributed by atoms with Gasteiger partial charge >= 0.3 is 6.09 Å². The summed E-state index contributed by atoms with van der Waals surface area (Å²) in [6, 6.07) is 18.5. The summed E-state index contributed by atoms with van der Waals surface area (Å²) >= 11 is 9.34. The average Bonchev–Trinajstić information content (AvgIpc) is 2.92. The molecule has 1 heterocycles. The minimum atomic E-state index is -0.747. The second-order valence-electron chi connectivity index (χ2n) is 6.49. The summed E-state index contributed by atoms with van der Waals surface area (Å²) in [5, 5.41) is 3.03. The number of nitrogens with one attached hydrogen (secondary N) is 2. The summed E-state index contributed by atoms with van der Waals surface area (Å²) in [7, 11) is 0. The van der Waals surface area contributed by atoms with Gasteiger partial charge in [-0.05, 0) is 48.5 Å². The van der Waals surface area contributed by atoms with Gasteiger partial charge in [-0.2, -0.15) is 0 Å². The molecule has 1 aliphatic rings. The van der Waals surface area contributed by atoms with E-state index in [9.17, 15) is 9.18 Å². The Morgan fingerprint density at radius 2 is 1.90 bits per heavy atom. The fraction of sp³-hybridized carbons (Fsp3) is 0.0455. The molecule has 1 amide bonds. The number of anilines is 1. The Bertz CT molecular complexity index is 1220. The Hall–Kier alpha value is -3.23. The van der Waals surface area contributed by atoms with Crippen LogP contribution in [0, 0.1) is 5.82 Å². The lowest BCUT2D eigenvalue weighted by molar-refractivity contribution is 0.134. The summed E-state index contributed by atoms with van der Waals surface area (Å²) in [4.78, 5) is 26.2. The van der Waals surface area contributed by atoms with Crippen molar-refractivity contribution in [1.29, 1.82) is 0 Å². The molecule has 0 saturated heterocycles. The van der Waals surface area contributed by atoms with Gasteiger partial charge in [0, 0.05) is 26.3 Å². The molecule has 0 unspecified atom stereocenters. The van der Waals surface area contributed by atoms with Crippen molar-refractivity contribution in [2.24, 2.45) is 9.98 Å². The van der Waals surface area contributed by atoms with Gasteiger partial charge in [-0.1, -0.05) is 45.7 Å². The first-order valence-electron chi connectivity index (χ1n) is 9.16. The number of carbonyl (C=O) groups excluding carboxylic acids is 1. The molecule has 0 aliphatic carbocycles. The summed E-state index contributed by atoms with van der Waals surface area (Å²) < 4.78 is 15.3. The molecule has 4 rings (SSSR count). The molecule has 0 aromatic heterocycles.